The van der Waals surface area contributed by atoms with Crippen LogP contribution in [0.5, 0.6) is 0 Å². The summed E-state index contributed by atoms with van der Waals surface area (Å²) in [7, 11) is 3.40. The SMILES string of the molecule is COCCN(c1ccc(CCN)cc1Cl)C(C)COC. The van der Waals surface area contributed by atoms with E-state index < -0.39 is 0 Å². The normalized spacial score (nSPS) is 12.4. The quantitative estimate of drug-likeness (QED) is 0.760. The maximum atomic E-state index is 6.42. The largest absolute Gasteiger partial charge is 0.383 e. The Morgan fingerprint density at radius 1 is 1.30 bits per heavy atom. The summed E-state index contributed by atoms with van der Waals surface area (Å²) in [5, 5.41) is 0.745. The number of ether oxygens (including phenoxy) is 2. The van der Waals surface area contributed by atoms with Gasteiger partial charge in [-0.25, -0.2) is 0 Å². The first kappa shape index (κ1) is 17.2. The van der Waals surface area contributed by atoms with E-state index >= 15 is 0 Å². The third-order valence-corrected chi connectivity index (χ3v) is 3.53. The fraction of sp³-hybridized carbons (Fsp3) is 0.600. The van der Waals surface area contributed by atoms with Crippen molar-refractivity contribution in [1.82, 2.24) is 0 Å². The molecule has 1 aromatic carbocycles. The molecular weight excluding hydrogens is 276 g/mol. The van der Waals surface area contributed by atoms with Gasteiger partial charge in [0.15, 0.2) is 0 Å². The second-order valence-electron chi connectivity index (χ2n) is 4.81. The van der Waals surface area contributed by atoms with E-state index in [2.05, 4.69) is 24.0 Å². The molecule has 0 aliphatic rings. The highest BCUT2D eigenvalue weighted by molar-refractivity contribution is 6.33. The number of hydrogen-bond donors (Lipinski definition) is 1. The van der Waals surface area contributed by atoms with Crippen LogP contribution in [0.15, 0.2) is 18.2 Å². The zero-order valence-corrected chi connectivity index (χ0v) is 13.3. The molecule has 0 amide bonds. The van der Waals surface area contributed by atoms with E-state index in [1.807, 2.05) is 6.07 Å². The number of methoxy groups -OCH3 is 2. The molecule has 0 radical (unpaired) electrons. The number of nitrogens with two attached hydrogens (primary N) is 1. The van der Waals surface area contributed by atoms with Crippen molar-refractivity contribution in [2.45, 2.75) is 19.4 Å². The molecule has 0 spiro atoms. The fourth-order valence-corrected chi connectivity index (χ4v) is 2.52. The minimum Gasteiger partial charge on any atom is -0.383 e. The van der Waals surface area contributed by atoms with Crippen LogP contribution in [0.3, 0.4) is 0 Å². The minimum absolute atomic E-state index is 0.230. The maximum Gasteiger partial charge on any atom is 0.0663 e. The number of hydrogen-bond acceptors (Lipinski definition) is 4. The fourth-order valence-electron chi connectivity index (χ4n) is 2.20. The molecule has 1 rings (SSSR count). The van der Waals surface area contributed by atoms with Crippen LogP contribution < -0.4 is 10.6 Å². The molecule has 1 atom stereocenters. The van der Waals surface area contributed by atoms with E-state index in [4.69, 9.17) is 26.8 Å². The molecule has 0 saturated heterocycles. The van der Waals surface area contributed by atoms with Crippen LogP contribution in [0.1, 0.15) is 12.5 Å². The van der Waals surface area contributed by atoms with Gasteiger partial charge in [0.25, 0.3) is 0 Å². The molecule has 0 saturated carbocycles. The van der Waals surface area contributed by atoms with Crippen LogP contribution in [0.4, 0.5) is 5.69 Å². The Morgan fingerprint density at radius 3 is 2.60 bits per heavy atom. The lowest BCUT2D eigenvalue weighted by Gasteiger charge is -2.31. The highest BCUT2D eigenvalue weighted by Gasteiger charge is 2.17. The van der Waals surface area contributed by atoms with E-state index in [1.54, 1.807) is 14.2 Å². The van der Waals surface area contributed by atoms with Crippen molar-refractivity contribution in [2.75, 3.05) is 45.4 Å². The van der Waals surface area contributed by atoms with Crippen molar-refractivity contribution in [3.63, 3.8) is 0 Å². The van der Waals surface area contributed by atoms with Gasteiger partial charge in [-0.15, -0.1) is 0 Å². The van der Waals surface area contributed by atoms with Crippen LogP contribution in [-0.2, 0) is 15.9 Å². The predicted molar refractivity (Wildman–Crippen MR) is 84.8 cm³/mol. The molecule has 0 fully saturated rings. The molecule has 1 unspecified atom stereocenters. The van der Waals surface area contributed by atoms with Crippen LogP contribution in [0.25, 0.3) is 0 Å². The van der Waals surface area contributed by atoms with E-state index in [9.17, 15) is 0 Å². The molecule has 4 nitrogen and oxygen atoms in total. The molecule has 0 aromatic heterocycles. The van der Waals surface area contributed by atoms with Gasteiger partial charge in [-0.1, -0.05) is 17.7 Å². The van der Waals surface area contributed by atoms with Gasteiger partial charge in [-0.05, 0) is 37.6 Å². The van der Waals surface area contributed by atoms with Gasteiger partial charge in [-0.3, -0.25) is 0 Å². The number of benzene rings is 1. The molecule has 2 N–H and O–H groups in total. The van der Waals surface area contributed by atoms with Gasteiger partial charge in [0.1, 0.15) is 0 Å². The van der Waals surface area contributed by atoms with Crippen molar-refractivity contribution in [1.29, 1.82) is 0 Å². The summed E-state index contributed by atoms with van der Waals surface area (Å²) in [5.74, 6) is 0. The summed E-state index contributed by atoms with van der Waals surface area (Å²) < 4.78 is 10.4. The van der Waals surface area contributed by atoms with Crippen LogP contribution in [0, 0.1) is 0 Å². The zero-order chi connectivity index (χ0) is 15.0. The first-order valence-corrected chi connectivity index (χ1v) is 7.24. The monoisotopic (exact) mass is 300 g/mol. The van der Waals surface area contributed by atoms with Crippen molar-refractivity contribution in [2.24, 2.45) is 5.73 Å². The molecule has 5 heteroatoms. The average Bonchev–Trinajstić information content (AvgIpc) is 2.42. The smallest absolute Gasteiger partial charge is 0.0663 e. The minimum atomic E-state index is 0.230. The Kier molecular flexibility index (Phi) is 7.92. The van der Waals surface area contributed by atoms with E-state index in [1.165, 1.54) is 0 Å². The summed E-state index contributed by atoms with van der Waals surface area (Å²) in [6.07, 6.45) is 0.839. The highest BCUT2D eigenvalue weighted by atomic mass is 35.5. The molecule has 0 bridgehead atoms. The summed E-state index contributed by atoms with van der Waals surface area (Å²) >= 11 is 6.42. The van der Waals surface area contributed by atoms with Crippen molar-refractivity contribution >= 4 is 17.3 Å². The van der Waals surface area contributed by atoms with Gasteiger partial charge >= 0.3 is 0 Å². The Balaban J connectivity index is 2.94. The standard InChI is InChI=1S/C15H25ClN2O2/c1-12(11-20-3)18(8-9-19-2)15-5-4-13(6-7-17)10-14(15)16/h4-5,10,12H,6-9,11,17H2,1-3H3. The first-order chi connectivity index (χ1) is 9.63. The maximum absolute atomic E-state index is 6.42. The lowest BCUT2D eigenvalue weighted by atomic mass is 10.1. The van der Waals surface area contributed by atoms with Gasteiger partial charge in [-0.2, -0.15) is 0 Å². The van der Waals surface area contributed by atoms with E-state index in [0.29, 0.717) is 19.8 Å². The number of nitrogens with zero attached hydrogens (tertiary/aromatic N) is 1. The summed E-state index contributed by atoms with van der Waals surface area (Å²) in [4.78, 5) is 2.21. The van der Waals surface area contributed by atoms with Gasteiger partial charge in [0.2, 0.25) is 0 Å². The third-order valence-electron chi connectivity index (χ3n) is 3.23. The van der Waals surface area contributed by atoms with Gasteiger partial charge < -0.3 is 20.1 Å². The first-order valence-electron chi connectivity index (χ1n) is 6.87. The second-order valence-corrected chi connectivity index (χ2v) is 5.22. The van der Waals surface area contributed by atoms with E-state index in [0.717, 1.165) is 29.2 Å². The summed E-state index contributed by atoms with van der Waals surface area (Å²) in [6.45, 7) is 4.81. The Morgan fingerprint density at radius 2 is 2.05 bits per heavy atom. The van der Waals surface area contributed by atoms with Crippen molar-refractivity contribution in [3.05, 3.63) is 28.8 Å². The number of rotatable bonds is 9. The van der Waals surface area contributed by atoms with E-state index in [-0.39, 0.29) is 6.04 Å². The summed E-state index contributed by atoms with van der Waals surface area (Å²) in [6, 6.07) is 6.35. The third kappa shape index (κ3) is 4.94. The lowest BCUT2D eigenvalue weighted by Crippen LogP contribution is -2.38. The predicted octanol–water partition coefficient (Wildman–Crippen LogP) is 2.33. The van der Waals surface area contributed by atoms with Crippen molar-refractivity contribution < 1.29 is 9.47 Å². The lowest BCUT2D eigenvalue weighted by molar-refractivity contribution is 0.171. The number of halogens is 1. The van der Waals surface area contributed by atoms with Crippen LogP contribution in [0.2, 0.25) is 5.02 Å². The molecule has 0 aliphatic carbocycles. The van der Waals surface area contributed by atoms with Crippen LogP contribution >= 0.6 is 11.6 Å². The number of anilines is 1. The molecular formula is C15H25ClN2O2. The molecule has 114 valence electrons. The average molecular weight is 301 g/mol. The Hall–Kier alpha value is -0.810. The van der Waals surface area contributed by atoms with Gasteiger partial charge in [0.05, 0.1) is 23.9 Å². The van der Waals surface area contributed by atoms with Gasteiger partial charge in [0, 0.05) is 26.8 Å². The van der Waals surface area contributed by atoms with Crippen molar-refractivity contribution in [3.8, 4) is 0 Å². The molecule has 1 aromatic rings. The topological polar surface area (TPSA) is 47.7 Å². The molecule has 0 heterocycles. The van der Waals surface area contributed by atoms with Crippen LogP contribution in [-0.4, -0.2) is 46.6 Å². The summed E-state index contributed by atoms with van der Waals surface area (Å²) in [5.41, 5.74) is 7.74. The Labute approximate surface area is 126 Å². The highest BCUT2D eigenvalue weighted by Crippen LogP contribution is 2.28. The molecule has 20 heavy (non-hydrogen) atoms. The second kappa shape index (κ2) is 9.19. The molecule has 0 aliphatic heterocycles. The Bertz CT molecular complexity index is 401. The zero-order valence-electron chi connectivity index (χ0n) is 12.6.